The third kappa shape index (κ3) is 6.34. The van der Waals surface area contributed by atoms with E-state index in [1.165, 1.54) is 0 Å². The monoisotopic (exact) mass is 186 g/mol. The van der Waals surface area contributed by atoms with E-state index in [1.54, 1.807) is 0 Å². The molecule has 0 fully saturated rings. The second kappa shape index (κ2) is 7.80. The average molecular weight is 186 g/mol. The highest BCUT2D eigenvalue weighted by Crippen LogP contribution is 2.07. The lowest BCUT2D eigenvalue weighted by molar-refractivity contribution is -0.149. The van der Waals surface area contributed by atoms with E-state index < -0.39 is 0 Å². The first kappa shape index (κ1) is 12.2. The van der Waals surface area contributed by atoms with Gasteiger partial charge in [0.1, 0.15) is 6.61 Å². The highest BCUT2D eigenvalue weighted by Gasteiger charge is 2.12. The van der Waals surface area contributed by atoms with Gasteiger partial charge in [0.05, 0.1) is 12.5 Å². The smallest absolute Gasteiger partial charge is 0.308 e. The molecule has 3 heteroatoms. The maximum absolute atomic E-state index is 11.1. The Morgan fingerprint density at radius 3 is 2.85 bits per heavy atom. The number of hydrogen-bond donors (Lipinski definition) is 1. The maximum Gasteiger partial charge on any atom is 0.308 e. The molecule has 0 aromatic heterocycles. The van der Waals surface area contributed by atoms with E-state index in [2.05, 4.69) is 0 Å². The van der Waals surface area contributed by atoms with Crippen molar-refractivity contribution in [3.05, 3.63) is 12.2 Å². The van der Waals surface area contributed by atoms with Crippen molar-refractivity contribution in [2.75, 3.05) is 13.2 Å². The minimum Gasteiger partial charge on any atom is -0.463 e. The quantitative estimate of drug-likeness (QED) is 0.505. The van der Waals surface area contributed by atoms with Crippen LogP contribution in [0.15, 0.2) is 12.2 Å². The molecule has 0 rings (SSSR count). The number of ether oxygens (including phenoxy) is 1. The average Bonchev–Trinajstić information content (AvgIpc) is 2.14. The second-order valence-electron chi connectivity index (χ2n) is 2.94. The van der Waals surface area contributed by atoms with E-state index in [-0.39, 0.29) is 25.1 Å². The molecule has 0 saturated carbocycles. The van der Waals surface area contributed by atoms with Gasteiger partial charge in [-0.25, -0.2) is 0 Å². The number of carbonyl (C=O) groups is 1. The topological polar surface area (TPSA) is 46.5 Å². The fourth-order valence-electron chi connectivity index (χ4n) is 0.919. The summed E-state index contributed by atoms with van der Waals surface area (Å²) in [6, 6.07) is 0. The van der Waals surface area contributed by atoms with E-state index in [1.807, 2.05) is 26.0 Å². The fraction of sp³-hybridized carbons (Fsp3) is 0.700. The summed E-state index contributed by atoms with van der Waals surface area (Å²) >= 11 is 0. The highest BCUT2D eigenvalue weighted by molar-refractivity contribution is 5.71. The Hall–Kier alpha value is -0.830. The summed E-state index contributed by atoms with van der Waals surface area (Å²) in [5.74, 6) is -0.304. The SMILES string of the molecule is CC=CCCC(C)C(=O)OCCO. The van der Waals surface area contributed by atoms with Crippen LogP contribution >= 0.6 is 0 Å². The Labute approximate surface area is 79.4 Å². The highest BCUT2D eigenvalue weighted by atomic mass is 16.5. The molecule has 3 nitrogen and oxygen atoms in total. The normalized spacial score (nSPS) is 13.2. The van der Waals surface area contributed by atoms with Gasteiger partial charge in [-0.15, -0.1) is 0 Å². The predicted molar refractivity (Wildman–Crippen MR) is 51.3 cm³/mol. The van der Waals surface area contributed by atoms with Crippen LogP contribution in [-0.4, -0.2) is 24.3 Å². The van der Waals surface area contributed by atoms with E-state index >= 15 is 0 Å². The predicted octanol–water partition coefficient (Wildman–Crippen LogP) is 1.51. The summed E-state index contributed by atoms with van der Waals surface area (Å²) < 4.78 is 4.77. The van der Waals surface area contributed by atoms with Gasteiger partial charge in [-0.2, -0.15) is 0 Å². The van der Waals surface area contributed by atoms with Crippen molar-refractivity contribution in [1.82, 2.24) is 0 Å². The van der Waals surface area contributed by atoms with Gasteiger partial charge in [0.15, 0.2) is 0 Å². The van der Waals surface area contributed by atoms with Gasteiger partial charge < -0.3 is 9.84 Å². The maximum atomic E-state index is 11.1. The first-order chi connectivity index (χ1) is 6.22. The summed E-state index contributed by atoms with van der Waals surface area (Å²) in [5.41, 5.74) is 0. The van der Waals surface area contributed by atoms with E-state index in [9.17, 15) is 4.79 Å². The van der Waals surface area contributed by atoms with Crippen LogP contribution in [0.1, 0.15) is 26.7 Å². The van der Waals surface area contributed by atoms with Gasteiger partial charge in [-0.1, -0.05) is 19.1 Å². The van der Waals surface area contributed by atoms with E-state index in [0.717, 1.165) is 12.8 Å². The largest absolute Gasteiger partial charge is 0.463 e. The third-order valence-corrected chi connectivity index (χ3v) is 1.74. The van der Waals surface area contributed by atoms with Crippen LogP contribution in [0, 0.1) is 5.92 Å². The Morgan fingerprint density at radius 2 is 2.31 bits per heavy atom. The molecular weight excluding hydrogens is 168 g/mol. The van der Waals surface area contributed by atoms with Crippen LogP contribution in [0.5, 0.6) is 0 Å². The van der Waals surface area contributed by atoms with Crippen LogP contribution in [0.25, 0.3) is 0 Å². The number of esters is 1. The molecule has 0 aliphatic heterocycles. The molecule has 1 atom stereocenters. The van der Waals surface area contributed by atoms with Crippen molar-refractivity contribution in [3.8, 4) is 0 Å². The summed E-state index contributed by atoms with van der Waals surface area (Å²) in [7, 11) is 0. The van der Waals surface area contributed by atoms with Crippen molar-refractivity contribution >= 4 is 5.97 Å². The Kier molecular flexibility index (Phi) is 7.30. The molecule has 13 heavy (non-hydrogen) atoms. The molecule has 0 spiro atoms. The molecule has 0 aromatic rings. The van der Waals surface area contributed by atoms with Crippen molar-refractivity contribution in [2.45, 2.75) is 26.7 Å². The van der Waals surface area contributed by atoms with Gasteiger partial charge in [0.2, 0.25) is 0 Å². The zero-order valence-corrected chi connectivity index (χ0v) is 8.32. The molecule has 0 heterocycles. The number of carbonyl (C=O) groups excluding carboxylic acids is 1. The fourth-order valence-corrected chi connectivity index (χ4v) is 0.919. The molecule has 0 aliphatic rings. The number of hydrogen-bond acceptors (Lipinski definition) is 3. The molecule has 0 radical (unpaired) electrons. The minimum absolute atomic E-state index is 0.0808. The molecule has 0 amide bonds. The standard InChI is InChI=1S/C10H18O3/c1-3-4-5-6-9(2)10(12)13-8-7-11/h3-4,9,11H,5-8H2,1-2H3. The molecule has 0 aliphatic carbocycles. The molecular formula is C10H18O3. The van der Waals surface area contributed by atoms with Crippen LogP contribution in [0.2, 0.25) is 0 Å². The lowest BCUT2D eigenvalue weighted by atomic mass is 10.1. The van der Waals surface area contributed by atoms with Crippen molar-refractivity contribution in [1.29, 1.82) is 0 Å². The lowest BCUT2D eigenvalue weighted by Gasteiger charge is -2.08. The van der Waals surface area contributed by atoms with Gasteiger partial charge in [-0.3, -0.25) is 4.79 Å². The Morgan fingerprint density at radius 1 is 1.62 bits per heavy atom. The van der Waals surface area contributed by atoms with E-state index in [0.29, 0.717) is 0 Å². The first-order valence-electron chi connectivity index (χ1n) is 4.61. The minimum atomic E-state index is -0.224. The van der Waals surface area contributed by atoms with Gasteiger partial charge in [-0.05, 0) is 19.8 Å². The zero-order valence-electron chi connectivity index (χ0n) is 8.32. The molecule has 0 bridgehead atoms. The van der Waals surface area contributed by atoms with Crippen LogP contribution in [-0.2, 0) is 9.53 Å². The number of rotatable bonds is 6. The van der Waals surface area contributed by atoms with Crippen molar-refractivity contribution in [3.63, 3.8) is 0 Å². The summed E-state index contributed by atoms with van der Waals surface area (Å²) in [5, 5.41) is 8.42. The van der Waals surface area contributed by atoms with Crippen LogP contribution < -0.4 is 0 Å². The molecule has 1 unspecified atom stereocenters. The Balaban J connectivity index is 3.56. The summed E-state index contributed by atoms with van der Waals surface area (Å²) in [6.45, 7) is 3.79. The van der Waals surface area contributed by atoms with Gasteiger partial charge in [0.25, 0.3) is 0 Å². The van der Waals surface area contributed by atoms with E-state index in [4.69, 9.17) is 9.84 Å². The van der Waals surface area contributed by atoms with Gasteiger partial charge in [0, 0.05) is 0 Å². The molecule has 76 valence electrons. The molecule has 0 saturated heterocycles. The second-order valence-corrected chi connectivity index (χ2v) is 2.94. The first-order valence-corrected chi connectivity index (χ1v) is 4.61. The molecule has 1 N–H and O–H groups in total. The Bertz CT molecular complexity index is 164. The van der Waals surface area contributed by atoms with Crippen molar-refractivity contribution in [2.24, 2.45) is 5.92 Å². The number of allylic oxidation sites excluding steroid dienone is 2. The zero-order chi connectivity index (χ0) is 10.1. The van der Waals surface area contributed by atoms with Gasteiger partial charge >= 0.3 is 5.97 Å². The van der Waals surface area contributed by atoms with Crippen LogP contribution in [0.3, 0.4) is 0 Å². The number of aliphatic hydroxyl groups excluding tert-OH is 1. The summed E-state index contributed by atoms with van der Waals surface area (Å²) in [4.78, 5) is 11.1. The van der Waals surface area contributed by atoms with Crippen molar-refractivity contribution < 1.29 is 14.6 Å². The van der Waals surface area contributed by atoms with Crippen LogP contribution in [0.4, 0.5) is 0 Å². The molecule has 0 aromatic carbocycles. The number of aliphatic hydroxyl groups is 1. The lowest BCUT2D eigenvalue weighted by Crippen LogP contribution is -2.16. The third-order valence-electron chi connectivity index (χ3n) is 1.74. The summed E-state index contributed by atoms with van der Waals surface area (Å²) in [6.07, 6.45) is 5.68.